The summed E-state index contributed by atoms with van der Waals surface area (Å²) in [4.78, 5) is 21.2. The summed E-state index contributed by atoms with van der Waals surface area (Å²) in [5.74, 6) is 5.51. The van der Waals surface area contributed by atoms with E-state index in [9.17, 15) is 27.9 Å². The minimum absolute atomic E-state index is 0.0473. The molecule has 0 atom stereocenters. The van der Waals surface area contributed by atoms with Crippen molar-refractivity contribution in [1.29, 1.82) is 0 Å². The van der Waals surface area contributed by atoms with Crippen LogP contribution in [0.15, 0.2) is 23.1 Å². The van der Waals surface area contributed by atoms with Crippen molar-refractivity contribution in [2.24, 2.45) is 0 Å². The Bertz CT molecular complexity index is 861. The normalized spacial score (nSPS) is 11.3. The quantitative estimate of drug-likeness (QED) is 0.247. The van der Waals surface area contributed by atoms with Crippen LogP contribution in [0.5, 0.6) is 0 Å². The van der Waals surface area contributed by atoms with Crippen LogP contribution in [0.4, 0.5) is 10.5 Å². The van der Waals surface area contributed by atoms with Gasteiger partial charge in [0.25, 0.3) is 15.8 Å². The lowest BCUT2D eigenvalue weighted by Gasteiger charge is -2.19. The Hall–Kier alpha value is -2.64. The molecule has 0 radical (unpaired) electrons. The van der Waals surface area contributed by atoms with Crippen molar-refractivity contribution in [3.8, 4) is 11.8 Å². The molecule has 1 aromatic rings. The van der Waals surface area contributed by atoms with E-state index in [1.807, 2.05) is 0 Å². The van der Waals surface area contributed by atoms with Crippen LogP contribution >= 0.6 is 0 Å². The second-order valence-corrected chi connectivity index (χ2v) is 7.98. The lowest BCUT2D eigenvalue weighted by molar-refractivity contribution is -0.385. The molecule has 10 heteroatoms. The first kappa shape index (κ1) is 22.4. The van der Waals surface area contributed by atoms with Gasteiger partial charge in [-0.05, 0) is 38.8 Å². The molecule has 0 unspecified atom stereocenters. The molecule has 148 valence electrons. The van der Waals surface area contributed by atoms with E-state index >= 15 is 0 Å². The highest BCUT2D eigenvalue weighted by atomic mass is 32.2. The molecule has 1 amide bonds. The fraction of sp³-hybridized carbons (Fsp3) is 0.471. The van der Waals surface area contributed by atoms with Gasteiger partial charge in [0.15, 0.2) is 0 Å². The number of alkyl carbamates (subject to hydrolysis) is 1. The third-order valence-electron chi connectivity index (χ3n) is 3.08. The van der Waals surface area contributed by atoms with Gasteiger partial charge in [0.1, 0.15) is 5.60 Å². The number of nitrogens with zero attached hydrogens (tertiary/aromatic N) is 1. The van der Waals surface area contributed by atoms with E-state index in [4.69, 9.17) is 4.74 Å². The molecule has 0 saturated carbocycles. The number of nitro benzene ring substituents is 1. The van der Waals surface area contributed by atoms with Crippen LogP contribution in [0.2, 0.25) is 0 Å². The molecule has 0 aromatic heterocycles. The first-order valence-electron chi connectivity index (χ1n) is 8.07. The summed E-state index contributed by atoms with van der Waals surface area (Å²) >= 11 is 0. The Kier molecular flexibility index (Phi) is 7.75. The number of unbranched alkanes of at least 4 members (excludes halogenated alkanes) is 1. The fourth-order valence-corrected chi connectivity index (χ4v) is 2.70. The van der Waals surface area contributed by atoms with Crippen LogP contribution in [-0.4, -0.2) is 36.1 Å². The molecule has 0 bridgehead atoms. The van der Waals surface area contributed by atoms with Crippen LogP contribution in [0.3, 0.4) is 0 Å². The van der Waals surface area contributed by atoms with Crippen LogP contribution in [0.25, 0.3) is 0 Å². The van der Waals surface area contributed by atoms with E-state index in [0.717, 1.165) is 18.2 Å². The van der Waals surface area contributed by atoms with Gasteiger partial charge in [0.2, 0.25) is 0 Å². The van der Waals surface area contributed by atoms with Crippen molar-refractivity contribution in [3.63, 3.8) is 0 Å². The number of benzene rings is 1. The molecule has 0 saturated heterocycles. The third kappa shape index (κ3) is 8.52. The second kappa shape index (κ2) is 9.34. The Balaban J connectivity index is 2.60. The summed E-state index contributed by atoms with van der Waals surface area (Å²) in [6.45, 7) is 5.63. The number of non-ortho nitro benzene ring substituents is 1. The van der Waals surface area contributed by atoms with E-state index < -0.39 is 31.6 Å². The highest BCUT2D eigenvalue weighted by Crippen LogP contribution is 2.22. The van der Waals surface area contributed by atoms with Gasteiger partial charge in [0.05, 0.1) is 9.82 Å². The summed E-state index contributed by atoms with van der Waals surface area (Å²) in [7, 11) is -4.50. The largest absolute Gasteiger partial charge is 0.444 e. The number of nitrogens with one attached hydrogen (secondary N) is 1. The number of amides is 1. The second-order valence-electron chi connectivity index (χ2n) is 6.59. The predicted molar refractivity (Wildman–Crippen MR) is 97.9 cm³/mol. The molecule has 1 rings (SSSR count). The molecule has 9 nitrogen and oxygen atoms in total. The Morgan fingerprint density at radius 2 is 2.00 bits per heavy atom. The Morgan fingerprint density at radius 3 is 2.56 bits per heavy atom. The lowest BCUT2D eigenvalue weighted by Crippen LogP contribution is -2.32. The van der Waals surface area contributed by atoms with Crippen LogP contribution in [0, 0.1) is 22.0 Å². The van der Waals surface area contributed by atoms with Gasteiger partial charge >= 0.3 is 6.09 Å². The van der Waals surface area contributed by atoms with E-state index in [-0.39, 0.29) is 17.7 Å². The number of ether oxygens (including phenoxy) is 1. The van der Waals surface area contributed by atoms with Crippen LogP contribution in [-0.2, 0) is 21.3 Å². The van der Waals surface area contributed by atoms with Crippen LogP contribution < -0.4 is 5.32 Å². The zero-order valence-corrected chi connectivity index (χ0v) is 16.1. The van der Waals surface area contributed by atoms with Crippen molar-refractivity contribution in [2.45, 2.75) is 50.5 Å². The smallest absolute Gasteiger partial charge is 0.407 e. The molecule has 2 N–H and O–H groups in total. The van der Waals surface area contributed by atoms with Gasteiger partial charge in [0, 0.05) is 31.5 Å². The predicted octanol–water partition coefficient (Wildman–Crippen LogP) is 2.69. The SMILES string of the molecule is CC(C)(C)OC(=O)NCCCC#CCc1cc([N+](=O)[O-])ccc1S(=O)(=O)O. The van der Waals surface area contributed by atoms with Gasteiger partial charge in [-0.15, -0.1) is 5.92 Å². The number of carbonyl (C=O) groups excluding carboxylic acids is 1. The van der Waals surface area contributed by atoms with Crippen molar-refractivity contribution >= 4 is 21.9 Å². The maximum Gasteiger partial charge on any atom is 0.407 e. The number of nitro groups is 1. The van der Waals surface area contributed by atoms with Gasteiger partial charge in [-0.1, -0.05) is 5.92 Å². The highest BCUT2D eigenvalue weighted by molar-refractivity contribution is 7.85. The fourth-order valence-electron chi connectivity index (χ4n) is 2.00. The topological polar surface area (TPSA) is 136 Å². The van der Waals surface area contributed by atoms with E-state index in [1.165, 1.54) is 0 Å². The molecule has 1 aromatic carbocycles. The summed E-state index contributed by atoms with van der Waals surface area (Å²) in [6, 6.07) is 3.06. The van der Waals surface area contributed by atoms with E-state index in [1.54, 1.807) is 20.8 Å². The minimum atomic E-state index is -4.50. The first-order valence-corrected chi connectivity index (χ1v) is 9.51. The number of hydrogen-bond donors (Lipinski definition) is 2. The molecule has 27 heavy (non-hydrogen) atoms. The molecule has 0 aliphatic rings. The molecule has 0 aliphatic heterocycles. The Morgan fingerprint density at radius 1 is 1.33 bits per heavy atom. The number of rotatable bonds is 6. The zero-order chi connectivity index (χ0) is 20.7. The standard InChI is InChI=1S/C17H22N2O7S/c1-17(2,3)26-16(20)18-11-7-5-4-6-8-13-12-14(19(21)22)9-10-15(13)27(23,24)25/h9-10,12H,5,7-8,11H2,1-3H3,(H,18,20)(H,23,24,25). The maximum absolute atomic E-state index is 11.4. The molecule has 0 fully saturated rings. The molecular weight excluding hydrogens is 376 g/mol. The molecule has 0 spiro atoms. The third-order valence-corrected chi connectivity index (χ3v) is 4.04. The average molecular weight is 398 g/mol. The summed E-state index contributed by atoms with van der Waals surface area (Å²) in [6.07, 6.45) is 0.374. The van der Waals surface area contributed by atoms with Crippen molar-refractivity contribution in [1.82, 2.24) is 5.32 Å². The van der Waals surface area contributed by atoms with Gasteiger partial charge < -0.3 is 10.1 Å². The highest BCUT2D eigenvalue weighted by Gasteiger charge is 2.18. The zero-order valence-electron chi connectivity index (χ0n) is 15.3. The van der Waals surface area contributed by atoms with E-state index in [0.29, 0.717) is 19.4 Å². The van der Waals surface area contributed by atoms with E-state index in [2.05, 4.69) is 17.2 Å². The average Bonchev–Trinajstić information content (AvgIpc) is 2.51. The number of carbonyl (C=O) groups is 1. The summed E-state index contributed by atoms with van der Waals surface area (Å²) in [5.41, 5.74) is -0.820. The van der Waals surface area contributed by atoms with Gasteiger partial charge in [-0.2, -0.15) is 8.42 Å². The first-order chi connectivity index (χ1) is 12.4. The molecule has 0 aliphatic carbocycles. The minimum Gasteiger partial charge on any atom is -0.444 e. The van der Waals surface area contributed by atoms with Gasteiger partial charge in [-0.25, -0.2) is 4.79 Å². The maximum atomic E-state index is 11.4. The summed E-state index contributed by atoms with van der Waals surface area (Å²) in [5, 5.41) is 13.4. The van der Waals surface area contributed by atoms with Crippen molar-refractivity contribution < 1.29 is 27.4 Å². The monoisotopic (exact) mass is 398 g/mol. The molecule has 0 heterocycles. The van der Waals surface area contributed by atoms with Crippen molar-refractivity contribution in [3.05, 3.63) is 33.9 Å². The number of hydrogen-bond acceptors (Lipinski definition) is 6. The lowest BCUT2D eigenvalue weighted by atomic mass is 10.1. The van der Waals surface area contributed by atoms with Crippen molar-refractivity contribution in [2.75, 3.05) is 6.54 Å². The van der Waals surface area contributed by atoms with Crippen LogP contribution in [0.1, 0.15) is 39.2 Å². The Labute approximate surface area is 158 Å². The van der Waals surface area contributed by atoms with Gasteiger partial charge in [-0.3, -0.25) is 14.7 Å². The molecular formula is C17H22N2O7S. The summed E-state index contributed by atoms with van der Waals surface area (Å²) < 4.78 is 37.0.